The minimum absolute atomic E-state index is 0.0386. The first-order valence-electron chi connectivity index (χ1n) is 14.1. The maximum atomic E-state index is 6.30. The maximum Gasteiger partial charge on any atom is 0.0782 e. The van der Waals surface area contributed by atoms with Gasteiger partial charge in [-0.2, -0.15) is 0 Å². The lowest BCUT2D eigenvalue weighted by Crippen LogP contribution is -2.53. The average molecular weight is 446 g/mol. The Bertz CT molecular complexity index is 655. The minimum atomic E-state index is 0.0386. The summed E-state index contributed by atoms with van der Waals surface area (Å²) in [5.41, 5.74) is 0.704. The molecule has 2 saturated carbocycles. The molecule has 0 amide bonds. The molecule has 3 aliphatic heterocycles. The molecular formula is C28H51N3O. The smallest absolute Gasteiger partial charge is 0.0782 e. The Morgan fingerprint density at radius 3 is 2.56 bits per heavy atom. The van der Waals surface area contributed by atoms with Gasteiger partial charge in [0, 0.05) is 50.3 Å². The van der Waals surface area contributed by atoms with Crippen LogP contribution in [0.25, 0.3) is 0 Å². The Kier molecular flexibility index (Phi) is 6.73. The zero-order chi connectivity index (χ0) is 22.5. The molecule has 3 saturated heterocycles. The van der Waals surface area contributed by atoms with Gasteiger partial charge in [-0.1, -0.05) is 0 Å². The van der Waals surface area contributed by atoms with Crippen LogP contribution in [0.2, 0.25) is 0 Å². The summed E-state index contributed by atoms with van der Waals surface area (Å²) in [6.07, 6.45) is 12.8. The summed E-state index contributed by atoms with van der Waals surface area (Å²) in [7, 11) is 0. The number of rotatable bonds is 8. The number of morpholine rings is 1. The summed E-state index contributed by atoms with van der Waals surface area (Å²) in [5, 5.41) is 0. The van der Waals surface area contributed by atoms with E-state index in [1.165, 1.54) is 77.4 Å². The molecule has 0 radical (unpaired) electrons. The molecule has 2 bridgehead atoms. The van der Waals surface area contributed by atoms with E-state index in [9.17, 15) is 0 Å². The van der Waals surface area contributed by atoms with Crippen molar-refractivity contribution in [2.45, 2.75) is 122 Å². The highest BCUT2D eigenvalue weighted by molar-refractivity contribution is 5.08. The van der Waals surface area contributed by atoms with Gasteiger partial charge in [0.1, 0.15) is 0 Å². The van der Waals surface area contributed by atoms with Crippen LogP contribution in [0.4, 0.5) is 0 Å². The van der Waals surface area contributed by atoms with Crippen molar-refractivity contribution in [3.8, 4) is 0 Å². The predicted octanol–water partition coefficient (Wildman–Crippen LogP) is 5.02. The van der Waals surface area contributed by atoms with E-state index in [0.29, 0.717) is 17.5 Å². The van der Waals surface area contributed by atoms with E-state index in [2.05, 4.69) is 49.3 Å². The van der Waals surface area contributed by atoms with Gasteiger partial charge in [0.2, 0.25) is 0 Å². The second kappa shape index (κ2) is 9.13. The highest BCUT2D eigenvalue weighted by Gasteiger charge is 2.56. The maximum absolute atomic E-state index is 6.30. The van der Waals surface area contributed by atoms with Gasteiger partial charge in [0.15, 0.2) is 0 Å². The van der Waals surface area contributed by atoms with E-state index in [-0.39, 0.29) is 5.60 Å². The van der Waals surface area contributed by atoms with E-state index in [4.69, 9.17) is 4.74 Å². The van der Waals surface area contributed by atoms with Crippen LogP contribution >= 0.6 is 0 Å². The van der Waals surface area contributed by atoms with Gasteiger partial charge in [-0.3, -0.25) is 9.80 Å². The first-order chi connectivity index (χ1) is 15.3. The predicted molar refractivity (Wildman–Crippen MR) is 133 cm³/mol. The SMILES string of the molecule is CC(C)N1CCOC(C)(CCC(C)N2CCCC3(CC3CC(C)N3CC4CCC3C4)C2)C1. The molecule has 5 aliphatic rings. The van der Waals surface area contributed by atoms with Gasteiger partial charge in [0.05, 0.1) is 12.2 Å². The highest BCUT2D eigenvalue weighted by atomic mass is 16.5. The van der Waals surface area contributed by atoms with Crippen molar-refractivity contribution in [3.05, 3.63) is 0 Å². The molecule has 0 aromatic carbocycles. The van der Waals surface area contributed by atoms with Crippen LogP contribution in [-0.2, 0) is 4.74 Å². The van der Waals surface area contributed by atoms with Crippen LogP contribution in [0.1, 0.15) is 92.4 Å². The molecule has 2 aliphatic carbocycles. The van der Waals surface area contributed by atoms with E-state index < -0.39 is 0 Å². The van der Waals surface area contributed by atoms with Gasteiger partial charge < -0.3 is 9.64 Å². The number of piperidine rings is 2. The first-order valence-corrected chi connectivity index (χ1v) is 14.1. The number of fused-ring (bicyclic) bond motifs is 2. The summed E-state index contributed by atoms with van der Waals surface area (Å²) in [6, 6.07) is 3.06. The standard InChI is InChI=1S/C28H51N3O/c1-21(2)29-13-14-32-27(5,19-29)11-9-22(3)30-12-6-10-28(20-30)17-25(28)15-23(4)31-18-24-7-8-26(31)16-24/h21-26H,6-20H2,1-5H3. The van der Waals surface area contributed by atoms with Gasteiger partial charge in [-0.25, -0.2) is 0 Å². The lowest BCUT2D eigenvalue weighted by molar-refractivity contribution is -0.112. The Balaban J connectivity index is 1.09. The third-order valence-electron chi connectivity index (χ3n) is 10.5. The van der Waals surface area contributed by atoms with E-state index in [1.54, 1.807) is 0 Å². The van der Waals surface area contributed by atoms with E-state index >= 15 is 0 Å². The normalized spacial score (nSPS) is 42.8. The number of likely N-dealkylation sites (tertiary alicyclic amines) is 2. The Hall–Kier alpha value is -0.160. The van der Waals surface area contributed by atoms with Crippen molar-refractivity contribution in [1.29, 1.82) is 0 Å². The first kappa shape index (κ1) is 23.6. The second-order valence-electron chi connectivity index (χ2n) is 13.2. The van der Waals surface area contributed by atoms with Crippen molar-refractivity contribution in [2.24, 2.45) is 17.3 Å². The molecule has 0 aromatic heterocycles. The minimum Gasteiger partial charge on any atom is -0.373 e. The topological polar surface area (TPSA) is 19.0 Å². The Morgan fingerprint density at radius 2 is 1.84 bits per heavy atom. The highest BCUT2D eigenvalue weighted by Crippen LogP contribution is 2.60. The van der Waals surface area contributed by atoms with Gasteiger partial charge in [-0.15, -0.1) is 0 Å². The molecule has 1 spiro atoms. The molecule has 32 heavy (non-hydrogen) atoms. The molecule has 184 valence electrons. The summed E-state index contributed by atoms with van der Waals surface area (Å²) < 4.78 is 6.30. The molecule has 7 atom stereocenters. The van der Waals surface area contributed by atoms with Gasteiger partial charge in [-0.05, 0) is 116 Å². The number of hydrogen-bond donors (Lipinski definition) is 0. The fourth-order valence-corrected chi connectivity index (χ4v) is 8.14. The largest absolute Gasteiger partial charge is 0.373 e. The summed E-state index contributed by atoms with van der Waals surface area (Å²) in [5.74, 6) is 2.02. The van der Waals surface area contributed by atoms with Crippen molar-refractivity contribution in [1.82, 2.24) is 14.7 Å². The molecule has 3 heterocycles. The van der Waals surface area contributed by atoms with Crippen LogP contribution in [0.5, 0.6) is 0 Å². The molecule has 0 aromatic rings. The molecule has 4 nitrogen and oxygen atoms in total. The van der Waals surface area contributed by atoms with E-state index in [1.807, 2.05) is 0 Å². The van der Waals surface area contributed by atoms with Crippen LogP contribution in [0.3, 0.4) is 0 Å². The van der Waals surface area contributed by atoms with Crippen molar-refractivity contribution in [3.63, 3.8) is 0 Å². The number of ether oxygens (including phenoxy) is 1. The van der Waals surface area contributed by atoms with E-state index in [0.717, 1.165) is 43.6 Å². The molecule has 5 rings (SSSR count). The fourth-order valence-electron chi connectivity index (χ4n) is 8.14. The molecule has 0 N–H and O–H groups in total. The molecule has 5 fully saturated rings. The van der Waals surface area contributed by atoms with Gasteiger partial charge in [0.25, 0.3) is 0 Å². The van der Waals surface area contributed by atoms with Crippen molar-refractivity contribution >= 4 is 0 Å². The Labute approximate surface area is 198 Å². The monoisotopic (exact) mass is 445 g/mol. The fraction of sp³-hybridized carbons (Fsp3) is 1.00. The quantitative estimate of drug-likeness (QED) is 0.522. The van der Waals surface area contributed by atoms with Crippen molar-refractivity contribution < 1.29 is 4.74 Å². The number of hydrogen-bond acceptors (Lipinski definition) is 4. The zero-order valence-electron chi connectivity index (χ0n) is 21.8. The van der Waals surface area contributed by atoms with Gasteiger partial charge >= 0.3 is 0 Å². The van der Waals surface area contributed by atoms with Crippen LogP contribution < -0.4 is 0 Å². The zero-order valence-corrected chi connectivity index (χ0v) is 21.8. The summed E-state index contributed by atoms with van der Waals surface area (Å²) in [4.78, 5) is 8.36. The second-order valence-corrected chi connectivity index (χ2v) is 13.2. The average Bonchev–Trinajstić information content (AvgIpc) is 3.12. The van der Waals surface area contributed by atoms with Crippen LogP contribution in [-0.4, -0.2) is 83.8 Å². The van der Waals surface area contributed by atoms with Crippen LogP contribution in [0, 0.1) is 17.3 Å². The summed E-state index contributed by atoms with van der Waals surface area (Å²) >= 11 is 0. The lowest BCUT2D eigenvalue weighted by Gasteiger charge is -2.44. The van der Waals surface area contributed by atoms with Crippen LogP contribution in [0.15, 0.2) is 0 Å². The third kappa shape index (κ3) is 4.81. The third-order valence-corrected chi connectivity index (χ3v) is 10.5. The molecule has 4 heteroatoms. The summed E-state index contributed by atoms with van der Waals surface area (Å²) in [6.45, 7) is 19.2. The lowest BCUT2D eigenvalue weighted by atomic mass is 9.88. The van der Waals surface area contributed by atoms with Crippen molar-refractivity contribution in [2.75, 3.05) is 39.3 Å². The molecular weight excluding hydrogens is 394 g/mol. The molecule has 7 unspecified atom stereocenters. The number of nitrogens with zero attached hydrogens (tertiary/aromatic N) is 3. The Morgan fingerprint density at radius 1 is 1.00 bits per heavy atom.